The van der Waals surface area contributed by atoms with E-state index >= 15 is 0 Å². The van der Waals surface area contributed by atoms with Crippen molar-refractivity contribution in [1.82, 2.24) is 9.66 Å². The molecule has 14 heavy (non-hydrogen) atoms. The number of pyridine rings is 1. The molecule has 2 heterocycles. The van der Waals surface area contributed by atoms with Crippen LogP contribution in [0.5, 0.6) is 0 Å². The highest BCUT2D eigenvalue weighted by molar-refractivity contribution is 7.06. The largest absolute Gasteiger partial charge is 0.274 e. The Morgan fingerprint density at radius 2 is 2.50 bits per heavy atom. The molecule has 2 aromatic heterocycles. The van der Waals surface area contributed by atoms with Gasteiger partial charge >= 0.3 is 0 Å². The van der Waals surface area contributed by atoms with E-state index in [-0.39, 0.29) is 0 Å². The normalized spacial score (nSPS) is 10.9. The van der Waals surface area contributed by atoms with Gasteiger partial charge in [0.2, 0.25) is 4.80 Å². The molecule has 0 amide bonds. The highest BCUT2D eigenvalue weighted by Crippen LogP contribution is 1.92. The van der Waals surface area contributed by atoms with E-state index in [4.69, 9.17) is 5.41 Å². The minimum atomic E-state index is 0.408. The monoisotopic (exact) mass is 204 g/mol. The number of aromatic nitrogens is 2. The second-order valence-electron chi connectivity index (χ2n) is 2.58. The molecule has 0 aliphatic heterocycles. The summed E-state index contributed by atoms with van der Waals surface area (Å²) >= 11 is 1.34. The van der Waals surface area contributed by atoms with E-state index in [9.17, 15) is 0 Å². The maximum Gasteiger partial charge on any atom is 0.202 e. The van der Waals surface area contributed by atoms with Gasteiger partial charge in [-0.25, -0.2) is 4.68 Å². The van der Waals surface area contributed by atoms with Gasteiger partial charge in [0.05, 0.1) is 6.21 Å². The second-order valence-corrected chi connectivity index (χ2v) is 3.48. The Bertz CT molecular complexity index is 483. The van der Waals surface area contributed by atoms with Gasteiger partial charge in [-0.1, -0.05) is 6.07 Å². The first kappa shape index (κ1) is 8.83. The molecule has 0 atom stereocenters. The van der Waals surface area contributed by atoms with Crippen LogP contribution >= 0.6 is 11.3 Å². The summed E-state index contributed by atoms with van der Waals surface area (Å²) in [5.74, 6) is 0. The average molecular weight is 204 g/mol. The van der Waals surface area contributed by atoms with Gasteiger partial charge in [0, 0.05) is 29.5 Å². The van der Waals surface area contributed by atoms with Crippen LogP contribution in [0.3, 0.4) is 0 Å². The van der Waals surface area contributed by atoms with E-state index in [1.54, 1.807) is 24.8 Å². The number of nitrogens with zero attached hydrogens (tertiary/aromatic N) is 3. The summed E-state index contributed by atoms with van der Waals surface area (Å²) in [5.41, 5.74) is 0.922. The number of nitrogens with one attached hydrogen (secondary N) is 1. The fraction of sp³-hybridized carbons (Fsp3) is 0. The molecule has 1 N–H and O–H groups in total. The lowest BCUT2D eigenvalue weighted by molar-refractivity contribution is 0.831. The van der Waals surface area contributed by atoms with Gasteiger partial charge in [-0.2, -0.15) is 5.10 Å². The fourth-order valence-electron chi connectivity index (χ4n) is 0.946. The Balaban J connectivity index is 2.24. The van der Waals surface area contributed by atoms with E-state index < -0.39 is 0 Å². The molecule has 0 aliphatic carbocycles. The zero-order valence-corrected chi connectivity index (χ0v) is 8.11. The van der Waals surface area contributed by atoms with Crippen molar-refractivity contribution in [2.24, 2.45) is 5.10 Å². The first-order valence-electron chi connectivity index (χ1n) is 4.01. The molecule has 5 heteroatoms. The second kappa shape index (κ2) is 3.97. The number of rotatable bonds is 2. The molecule has 70 valence electrons. The molecule has 0 radical (unpaired) electrons. The lowest BCUT2D eigenvalue weighted by atomic mass is 10.3. The van der Waals surface area contributed by atoms with Gasteiger partial charge in [0.15, 0.2) is 0 Å². The van der Waals surface area contributed by atoms with Crippen LogP contribution in [0.25, 0.3) is 0 Å². The first-order valence-corrected chi connectivity index (χ1v) is 4.89. The van der Waals surface area contributed by atoms with Gasteiger partial charge in [0.1, 0.15) is 0 Å². The van der Waals surface area contributed by atoms with Crippen molar-refractivity contribution in [3.8, 4) is 0 Å². The summed E-state index contributed by atoms with van der Waals surface area (Å²) in [5, 5.41) is 13.4. The van der Waals surface area contributed by atoms with Crippen LogP contribution in [0.15, 0.2) is 41.2 Å². The molecule has 0 spiro atoms. The Labute approximate surface area is 84.7 Å². The fourth-order valence-corrected chi connectivity index (χ4v) is 1.47. The molecular formula is C9H8N4S. The van der Waals surface area contributed by atoms with E-state index in [1.807, 2.05) is 17.5 Å². The molecule has 0 aromatic carbocycles. The molecule has 2 rings (SSSR count). The topological polar surface area (TPSA) is 54.0 Å². The third-order valence-corrected chi connectivity index (χ3v) is 2.27. The van der Waals surface area contributed by atoms with Crippen molar-refractivity contribution in [3.63, 3.8) is 0 Å². The van der Waals surface area contributed by atoms with Gasteiger partial charge < -0.3 is 0 Å². The highest BCUT2D eigenvalue weighted by atomic mass is 32.1. The van der Waals surface area contributed by atoms with Crippen molar-refractivity contribution in [2.75, 3.05) is 0 Å². The van der Waals surface area contributed by atoms with Crippen molar-refractivity contribution in [2.45, 2.75) is 0 Å². The number of hydrogen-bond donors (Lipinski definition) is 1. The van der Waals surface area contributed by atoms with Gasteiger partial charge in [0.25, 0.3) is 0 Å². The smallest absolute Gasteiger partial charge is 0.202 e. The summed E-state index contributed by atoms with van der Waals surface area (Å²) in [4.78, 5) is 4.37. The van der Waals surface area contributed by atoms with E-state index in [0.29, 0.717) is 4.80 Å². The Hall–Kier alpha value is -1.75. The maximum atomic E-state index is 7.47. The first-order chi connectivity index (χ1) is 6.86. The number of thiazole rings is 1. The summed E-state index contributed by atoms with van der Waals surface area (Å²) in [6.45, 7) is 0. The molecule has 0 bridgehead atoms. The minimum absolute atomic E-state index is 0.408. The van der Waals surface area contributed by atoms with Crippen molar-refractivity contribution in [3.05, 3.63) is 46.5 Å². The van der Waals surface area contributed by atoms with Crippen molar-refractivity contribution >= 4 is 17.6 Å². The third kappa shape index (κ3) is 1.94. The van der Waals surface area contributed by atoms with Gasteiger partial charge in [-0.05, 0) is 6.07 Å². The van der Waals surface area contributed by atoms with Gasteiger partial charge in [-0.3, -0.25) is 10.4 Å². The molecule has 0 unspecified atom stereocenters. The average Bonchev–Trinajstić information content (AvgIpc) is 2.63. The Morgan fingerprint density at radius 1 is 1.57 bits per heavy atom. The third-order valence-electron chi connectivity index (χ3n) is 1.61. The van der Waals surface area contributed by atoms with Crippen LogP contribution in [0.1, 0.15) is 5.56 Å². The van der Waals surface area contributed by atoms with Crippen LogP contribution < -0.4 is 4.80 Å². The van der Waals surface area contributed by atoms with Crippen LogP contribution in [0, 0.1) is 5.41 Å². The predicted molar refractivity (Wildman–Crippen MR) is 55.4 cm³/mol. The summed E-state index contributed by atoms with van der Waals surface area (Å²) in [6.07, 6.45) is 6.86. The van der Waals surface area contributed by atoms with E-state index in [1.165, 1.54) is 16.0 Å². The molecule has 0 saturated heterocycles. The van der Waals surface area contributed by atoms with Crippen LogP contribution in [0.2, 0.25) is 0 Å². The maximum absolute atomic E-state index is 7.47. The minimum Gasteiger partial charge on any atom is -0.274 e. The van der Waals surface area contributed by atoms with Crippen molar-refractivity contribution in [1.29, 1.82) is 5.41 Å². The highest BCUT2D eigenvalue weighted by Gasteiger charge is 1.88. The molecule has 2 aromatic rings. The number of hydrogen-bond acceptors (Lipinski definition) is 4. The summed E-state index contributed by atoms with van der Waals surface area (Å²) < 4.78 is 1.51. The lowest BCUT2D eigenvalue weighted by Crippen LogP contribution is -2.06. The zero-order valence-electron chi connectivity index (χ0n) is 7.29. The Kier molecular flexibility index (Phi) is 2.51. The lowest BCUT2D eigenvalue weighted by Gasteiger charge is -1.91. The van der Waals surface area contributed by atoms with Crippen molar-refractivity contribution < 1.29 is 0 Å². The van der Waals surface area contributed by atoms with Crippen LogP contribution in [-0.4, -0.2) is 15.9 Å². The van der Waals surface area contributed by atoms with Crippen LogP contribution in [-0.2, 0) is 0 Å². The summed E-state index contributed by atoms with van der Waals surface area (Å²) in [7, 11) is 0. The van der Waals surface area contributed by atoms with E-state index in [2.05, 4.69) is 10.1 Å². The SMILES string of the molecule is N=c1sccn1N=Cc1cccnc1. The van der Waals surface area contributed by atoms with Gasteiger partial charge in [-0.15, -0.1) is 11.3 Å². The summed E-state index contributed by atoms with van der Waals surface area (Å²) in [6, 6.07) is 3.76. The van der Waals surface area contributed by atoms with Crippen LogP contribution in [0.4, 0.5) is 0 Å². The molecule has 0 aliphatic rings. The predicted octanol–water partition coefficient (Wildman–Crippen LogP) is 1.31. The standard InChI is InChI=1S/C9H8N4S/c10-9-13(4-5-14-9)12-7-8-2-1-3-11-6-8/h1-7,10H. The molecule has 4 nitrogen and oxygen atoms in total. The zero-order chi connectivity index (χ0) is 9.80. The van der Waals surface area contributed by atoms with E-state index in [0.717, 1.165) is 5.56 Å². The Morgan fingerprint density at radius 3 is 3.14 bits per heavy atom. The quantitative estimate of drug-likeness (QED) is 0.737. The molecule has 0 fully saturated rings. The molecular weight excluding hydrogens is 196 g/mol. The molecule has 0 saturated carbocycles.